The Labute approximate surface area is 116 Å². The third-order valence-corrected chi connectivity index (χ3v) is 2.64. The fraction of sp³-hybridized carbons (Fsp3) is 0.455. The molecule has 0 radical (unpaired) electrons. The smallest absolute Gasteiger partial charge is 0.228 e. The predicted molar refractivity (Wildman–Crippen MR) is 79.0 cm³/mol. The van der Waals surface area contributed by atoms with Crippen molar-refractivity contribution in [2.24, 2.45) is 16.5 Å². The number of imidazole rings is 1. The van der Waals surface area contributed by atoms with Crippen molar-refractivity contribution >= 4 is 28.9 Å². The number of nitrogens with two attached hydrogens (primary N) is 3. The molecule has 0 amide bonds. The number of fused-ring (bicyclic) bond motifs is 1. The lowest BCUT2D eigenvalue weighted by molar-refractivity contribution is 0.406. The summed E-state index contributed by atoms with van der Waals surface area (Å²) < 4.78 is 1.94. The Hall–Kier alpha value is -2.58. The van der Waals surface area contributed by atoms with E-state index in [0.717, 1.165) is 0 Å². The average Bonchev–Trinajstić information content (AvgIpc) is 2.72. The number of rotatable bonds is 3. The second-order valence-electron chi connectivity index (χ2n) is 5.31. The number of hydrogen-bond donors (Lipinski definition) is 4. The molecule has 0 aliphatic carbocycles. The minimum Gasteiger partial charge on any atom is -0.382 e. The van der Waals surface area contributed by atoms with Crippen LogP contribution in [-0.2, 0) is 5.54 Å². The fourth-order valence-corrected chi connectivity index (χ4v) is 1.69. The fourth-order valence-electron chi connectivity index (χ4n) is 1.69. The molecule has 108 valence electrons. The maximum Gasteiger partial charge on any atom is 0.228 e. The molecule has 0 aliphatic rings. The molecule has 0 spiro atoms. The van der Waals surface area contributed by atoms with Crippen LogP contribution in [0.3, 0.4) is 0 Å². The average molecular weight is 277 g/mol. The van der Waals surface area contributed by atoms with Crippen LogP contribution in [0.4, 0.5) is 11.8 Å². The summed E-state index contributed by atoms with van der Waals surface area (Å²) in [5, 5.41) is 2.89. The summed E-state index contributed by atoms with van der Waals surface area (Å²) in [6, 6.07) is 0. The van der Waals surface area contributed by atoms with Crippen LogP contribution in [0.5, 0.6) is 0 Å². The Morgan fingerprint density at radius 2 is 2.05 bits per heavy atom. The number of nitrogens with one attached hydrogen (secondary N) is 1. The number of nitrogen functional groups attached to an aromatic ring is 1. The summed E-state index contributed by atoms with van der Waals surface area (Å²) in [5.74, 6) is 0.655. The van der Waals surface area contributed by atoms with E-state index in [-0.39, 0.29) is 18.2 Å². The summed E-state index contributed by atoms with van der Waals surface area (Å²) in [4.78, 5) is 16.6. The van der Waals surface area contributed by atoms with Gasteiger partial charge in [-0.3, -0.25) is 0 Å². The lowest BCUT2D eigenvalue weighted by Gasteiger charge is -2.21. The van der Waals surface area contributed by atoms with Gasteiger partial charge in [0.05, 0.1) is 6.33 Å². The molecule has 2 aromatic rings. The SMILES string of the molecule is CC(C)(C)n1cnc2c(N)nc(NCN=C(N)N)nc21. The van der Waals surface area contributed by atoms with Gasteiger partial charge < -0.3 is 27.1 Å². The van der Waals surface area contributed by atoms with Gasteiger partial charge in [-0.1, -0.05) is 0 Å². The number of aliphatic imine (C=N–C) groups is 1. The molecule has 2 rings (SSSR count). The minimum atomic E-state index is -0.160. The van der Waals surface area contributed by atoms with E-state index in [9.17, 15) is 0 Å². The summed E-state index contributed by atoms with van der Waals surface area (Å²) in [7, 11) is 0. The molecule has 0 aliphatic heterocycles. The summed E-state index contributed by atoms with van der Waals surface area (Å²) in [6.45, 7) is 6.34. The van der Waals surface area contributed by atoms with Gasteiger partial charge >= 0.3 is 0 Å². The topological polar surface area (TPSA) is 146 Å². The molecular formula is C11H19N9. The van der Waals surface area contributed by atoms with Crippen LogP contribution in [0.15, 0.2) is 11.3 Å². The van der Waals surface area contributed by atoms with Crippen LogP contribution in [0, 0.1) is 0 Å². The van der Waals surface area contributed by atoms with Crippen molar-refractivity contribution in [3.8, 4) is 0 Å². The zero-order valence-corrected chi connectivity index (χ0v) is 11.8. The monoisotopic (exact) mass is 277 g/mol. The molecule has 2 heterocycles. The van der Waals surface area contributed by atoms with E-state index in [0.29, 0.717) is 22.9 Å². The first-order chi connectivity index (χ1) is 9.29. The normalized spacial score (nSPS) is 11.6. The Kier molecular flexibility index (Phi) is 3.35. The van der Waals surface area contributed by atoms with Crippen molar-refractivity contribution in [2.75, 3.05) is 17.7 Å². The summed E-state index contributed by atoms with van der Waals surface area (Å²) in [6.07, 6.45) is 1.70. The van der Waals surface area contributed by atoms with Gasteiger partial charge in [0.1, 0.15) is 12.2 Å². The van der Waals surface area contributed by atoms with Gasteiger partial charge in [-0.25, -0.2) is 9.98 Å². The highest BCUT2D eigenvalue weighted by atomic mass is 15.2. The number of guanidine groups is 1. The molecule has 0 aromatic carbocycles. The van der Waals surface area contributed by atoms with Crippen molar-refractivity contribution < 1.29 is 0 Å². The van der Waals surface area contributed by atoms with Crippen molar-refractivity contribution in [1.29, 1.82) is 0 Å². The van der Waals surface area contributed by atoms with E-state index < -0.39 is 0 Å². The van der Waals surface area contributed by atoms with Crippen molar-refractivity contribution in [1.82, 2.24) is 19.5 Å². The molecule has 0 bridgehead atoms. The third-order valence-electron chi connectivity index (χ3n) is 2.64. The molecule has 9 nitrogen and oxygen atoms in total. The highest BCUT2D eigenvalue weighted by molar-refractivity contribution is 5.83. The number of hydrogen-bond acceptors (Lipinski definition) is 6. The van der Waals surface area contributed by atoms with E-state index in [1.807, 2.05) is 4.57 Å². The second-order valence-corrected chi connectivity index (χ2v) is 5.31. The first-order valence-electron chi connectivity index (χ1n) is 6.09. The largest absolute Gasteiger partial charge is 0.382 e. The van der Waals surface area contributed by atoms with Gasteiger partial charge in [0, 0.05) is 5.54 Å². The third kappa shape index (κ3) is 2.71. The van der Waals surface area contributed by atoms with Crippen LogP contribution in [0.2, 0.25) is 0 Å². The zero-order chi connectivity index (χ0) is 14.9. The van der Waals surface area contributed by atoms with E-state index >= 15 is 0 Å². The Morgan fingerprint density at radius 3 is 2.65 bits per heavy atom. The lowest BCUT2D eigenvalue weighted by Crippen LogP contribution is -2.24. The Balaban J connectivity index is 2.41. The molecule has 0 saturated carbocycles. The first kappa shape index (κ1) is 13.8. The van der Waals surface area contributed by atoms with Gasteiger partial charge in [0.25, 0.3) is 0 Å². The predicted octanol–water partition coefficient (Wildman–Crippen LogP) is -0.194. The minimum absolute atomic E-state index is 0.00807. The Bertz CT molecular complexity index is 646. The van der Waals surface area contributed by atoms with E-state index in [2.05, 4.69) is 46.0 Å². The number of aromatic nitrogens is 4. The van der Waals surface area contributed by atoms with Gasteiger partial charge in [0.2, 0.25) is 5.95 Å². The first-order valence-corrected chi connectivity index (χ1v) is 6.09. The Morgan fingerprint density at radius 1 is 1.35 bits per heavy atom. The van der Waals surface area contributed by atoms with E-state index in [4.69, 9.17) is 17.2 Å². The summed E-state index contributed by atoms with van der Waals surface area (Å²) >= 11 is 0. The molecule has 7 N–H and O–H groups in total. The van der Waals surface area contributed by atoms with Crippen LogP contribution >= 0.6 is 0 Å². The highest BCUT2D eigenvalue weighted by Crippen LogP contribution is 2.24. The van der Waals surface area contributed by atoms with Crippen LogP contribution < -0.4 is 22.5 Å². The van der Waals surface area contributed by atoms with Gasteiger partial charge in [0.15, 0.2) is 17.4 Å². The quantitative estimate of drug-likeness (QED) is 0.449. The summed E-state index contributed by atoms with van der Waals surface area (Å²) in [5.41, 5.74) is 17.5. The molecule has 20 heavy (non-hydrogen) atoms. The van der Waals surface area contributed by atoms with E-state index in [1.54, 1.807) is 6.33 Å². The number of anilines is 2. The number of nitrogens with zero attached hydrogens (tertiary/aromatic N) is 5. The van der Waals surface area contributed by atoms with E-state index in [1.165, 1.54) is 0 Å². The van der Waals surface area contributed by atoms with Crippen LogP contribution in [-0.4, -0.2) is 32.1 Å². The van der Waals surface area contributed by atoms with Crippen molar-refractivity contribution in [3.05, 3.63) is 6.33 Å². The molecule has 9 heteroatoms. The van der Waals surface area contributed by atoms with Crippen LogP contribution in [0.25, 0.3) is 11.2 Å². The second kappa shape index (κ2) is 4.83. The van der Waals surface area contributed by atoms with Crippen LogP contribution in [0.1, 0.15) is 20.8 Å². The lowest BCUT2D eigenvalue weighted by atomic mass is 10.1. The van der Waals surface area contributed by atoms with Gasteiger partial charge in [-0.2, -0.15) is 9.97 Å². The molecule has 0 atom stereocenters. The van der Waals surface area contributed by atoms with Crippen molar-refractivity contribution in [2.45, 2.75) is 26.3 Å². The molecule has 0 saturated heterocycles. The standard InChI is InChI=1S/C11H19N9/c1-11(2,3)20-5-17-6-7(12)18-10(19-8(6)20)16-4-15-9(13)14/h5H,4H2,1-3H3,(H4,13,14,15)(H3,12,16,18,19). The molecule has 0 fully saturated rings. The highest BCUT2D eigenvalue weighted by Gasteiger charge is 2.19. The van der Waals surface area contributed by atoms with Gasteiger partial charge in [-0.15, -0.1) is 0 Å². The zero-order valence-electron chi connectivity index (χ0n) is 11.8. The molecule has 0 unspecified atom stereocenters. The molecule has 2 aromatic heterocycles. The maximum atomic E-state index is 5.89. The van der Waals surface area contributed by atoms with Gasteiger partial charge in [-0.05, 0) is 20.8 Å². The van der Waals surface area contributed by atoms with Crippen molar-refractivity contribution in [3.63, 3.8) is 0 Å². The maximum absolute atomic E-state index is 5.89. The molecular weight excluding hydrogens is 258 g/mol.